The topological polar surface area (TPSA) is 101 Å². The Labute approximate surface area is 245 Å². The summed E-state index contributed by atoms with van der Waals surface area (Å²) in [5.41, 5.74) is -3.75. The molecule has 4 rings (SSSR count). The zero-order valence-electron chi connectivity index (χ0n) is 26.0. The molecule has 218 valence electrons. The zero-order valence-corrected chi connectivity index (χ0v) is 22.6. The van der Waals surface area contributed by atoms with E-state index < -0.39 is 64.3 Å². The van der Waals surface area contributed by atoms with Gasteiger partial charge in [0.15, 0.2) is 9.84 Å². The van der Waals surface area contributed by atoms with Crippen LogP contribution in [0, 0.1) is 0 Å². The molecule has 7 nitrogen and oxygen atoms in total. The number of carbonyl (C=O) groups is 1. The van der Waals surface area contributed by atoms with Gasteiger partial charge in [-0.25, -0.2) is 12.8 Å². The summed E-state index contributed by atoms with van der Waals surface area (Å²) in [5.74, 6) is -0.713. The second-order valence-corrected chi connectivity index (χ2v) is 11.1. The van der Waals surface area contributed by atoms with Crippen LogP contribution in [0.25, 0.3) is 10.9 Å². The van der Waals surface area contributed by atoms with Crippen LogP contribution >= 0.6 is 11.6 Å². The van der Waals surface area contributed by atoms with E-state index in [9.17, 15) is 35.9 Å². The number of nitrogens with zero attached hydrogens (tertiary/aromatic N) is 2. The van der Waals surface area contributed by atoms with Gasteiger partial charge in [-0.1, -0.05) is 24.5 Å². The van der Waals surface area contributed by atoms with Crippen LogP contribution < -0.4 is 5.32 Å². The van der Waals surface area contributed by atoms with Crippen LogP contribution in [-0.4, -0.2) is 48.0 Å². The molecular formula is C28H26ClF4N3O4S. The predicted molar refractivity (Wildman–Crippen MR) is 146 cm³/mol. The number of benzene rings is 2. The highest BCUT2D eigenvalue weighted by Gasteiger charge is 2.33. The monoisotopic (exact) mass is 616 g/mol. The maximum Gasteiger partial charge on any atom is 0.416 e. The van der Waals surface area contributed by atoms with Gasteiger partial charge in [0.2, 0.25) is 0 Å². The third kappa shape index (κ3) is 6.71. The first-order valence-electron chi connectivity index (χ1n) is 14.5. The van der Waals surface area contributed by atoms with E-state index in [-0.39, 0.29) is 34.8 Å². The number of aliphatic hydroxyl groups excluding tert-OH is 1. The van der Waals surface area contributed by atoms with Crippen molar-refractivity contribution in [3.8, 4) is 0 Å². The van der Waals surface area contributed by atoms with Gasteiger partial charge in [0.25, 0.3) is 5.91 Å². The summed E-state index contributed by atoms with van der Waals surface area (Å²) >= 11 is 5.79. The fraction of sp³-hybridized carbons (Fsp3) is 0.286. The van der Waals surface area contributed by atoms with E-state index in [4.69, 9.17) is 18.5 Å². The van der Waals surface area contributed by atoms with Crippen molar-refractivity contribution in [2.75, 3.05) is 19.0 Å². The van der Waals surface area contributed by atoms with Gasteiger partial charge in [0.05, 0.1) is 41.1 Å². The molecule has 0 aliphatic heterocycles. The van der Waals surface area contributed by atoms with Crippen LogP contribution in [-0.2, 0) is 29.0 Å². The van der Waals surface area contributed by atoms with E-state index in [1.807, 2.05) is 0 Å². The fourth-order valence-electron chi connectivity index (χ4n) is 4.40. The van der Waals surface area contributed by atoms with Gasteiger partial charge in [-0.05, 0) is 54.1 Å². The number of rotatable bonds is 10. The van der Waals surface area contributed by atoms with E-state index in [0.29, 0.717) is 16.6 Å². The summed E-state index contributed by atoms with van der Waals surface area (Å²) in [5, 5.41) is 12.8. The Bertz CT molecular complexity index is 1870. The highest BCUT2D eigenvalue weighted by atomic mass is 35.5. The zero-order chi connectivity index (χ0) is 34.2. The lowest BCUT2D eigenvalue weighted by atomic mass is 10.0. The summed E-state index contributed by atoms with van der Waals surface area (Å²) in [4.78, 5) is 16.3. The molecule has 1 unspecified atom stereocenters. The first kappa shape index (κ1) is 24.2. The van der Waals surface area contributed by atoms with Gasteiger partial charge in [0, 0.05) is 46.7 Å². The number of sulfone groups is 1. The smallest absolute Gasteiger partial charge is 0.394 e. The molecule has 2 aromatic carbocycles. The molecule has 0 saturated heterocycles. The van der Waals surface area contributed by atoms with Crippen LogP contribution in [0.3, 0.4) is 0 Å². The van der Waals surface area contributed by atoms with E-state index in [1.165, 1.54) is 34.9 Å². The predicted octanol–water partition coefficient (Wildman–Crippen LogP) is 5.53. The molecule has 0 bridgehead atoms. The Morgan fingerprint density at radius 1 is 1.20 bits per heavy atom. The number of hydrogen-bond donors (Lipinski definition) is 2. The maximum absolute atomic E-state index is 13.7. The van der Waals surface area contributed by atoms with Crippen molar-refractivity contribution in [1.29, 1.82) is 0 Å². The van der Waals surface area contributed by atoms with Crippen molar-refractivity contribution in [2.24, 2.45) is 0 Å². The summed E-state index contributed by atoms with van der Waals surface area (Å²) in [7, 11) is -5.00. The third-order valence-corrected chi connectivity index (χ3v) is 7.72. The Morgan fingerprint density at radius 2 is 1.98 bits per heavy atom. The third-order valence-electron chi connectivity index (χ3n) is 6.36. The first-order valence-corrected chi connectivity index (χ1v) is 13.8. The number of pyridine rings is 1. The molecule has 0 aliphatic carbocycles. The molecule has 0 radical (unpaired) electrons. The number of nitrogens with one attached hydrogen (secondary N) is 1. The van der Waals surface area contributed by atoms with Crippen LogP contribution in [0.15, 0.2) is 65.7 Å². The minimum absolute atomic E-state index is 0.0230. The minimum atomic E-state index is -5.00. The van der Waals surface area contributed by atoms with Gasteiger partial charge in [-0.15, -0.1) is 0 Å². The number of amides is 1. The molecule has 1 amide bonds. The van der Waals surface area contributed by atoms with Gasteiger partial charge >= 0.3 is 6.18 Å². The molecule has 0 fully saturated rings. The van der Waals surface area contributed by atoms with E-state index >= 15 is 0 Å². The van der Waals surface area contributed by atoms with Gasteiger partial charge in [-0.3, -0.25) is 9.78 Å². The SMILES string of the molecule is [2H]C([2H])([2H])C([2H])([2H])S(=O)(=O)c1ccc(C(CO)NC(=O)c2ccc3c(c2)cc(Cc2ccc(Cl)cc2C(F)(F)F)n3CCF)nc1. The highest BCUT2D eigenvalue weighted by molar-refractivity contribution is 7.91. The lowest BCUT2D eigenvalue weighted by Crippen LogP contribution is -2.31. The lowest BCUT2D eigenvalue weighted by Gasteiger charge is -2.16. The van der Waals surface area contributed by atoms with Gasteiger partial charge in [-0.2, -0.15) is 13.2 Å². The molecule has 1 atom stereocenters. The number of aryl methyl sites for hydroxylation is 1. The maximum atomic E-state index is 13.7. The lowest BCUT2D eigenvalue weighted by molar-refractivity contribution is -0.138. The van der Waals surface area contributed by atoms with Crippen LogP contribution in [0.1, 0.15) is 52.6 Å². The summed E-state index contributed by atoms with van der Waals surface area (Å²) in [6.07, 6.45) is -4.17. The average Bonchev–Trinajstić information content (AvgIpc) is 3.31. The summed E-state index contributed by atoms with van der Waals surface area (Å²) in [6, 6.07) is 10.1. The number of carbonyl (C=O) groups excluding carboxylic acids is 1. The van der Waals surface area contributed by atoms with Crippen molar-refractivity contribution in [3.05, 3.63) is 93.9 Å². The van der Waals surface area contributed by atoms with Crippen molar-refractivity contribution >= 4 is 38.2 Å². The quantitative estimate of drug-likeness (QED) is 0.228. The summed E-state index contributed by atoms with van der Waals surface area (Å²) in [6.45, 7) is -5.14. The summed E-state index contributed by atoms with van der Waals surface area (Å²) < 4.78 is 118. The molecule has 2 aromatic heterocycles. The van der Waals surface area contributed by atoms with Gasteiger partial charge < -0.3 is 15.0 Å². The molecule has 2 N–H and O–H groups in total. The molecule has 0 aliphatic rings. The van der Waals surface area contributed by atoms with Crippen LogP contribution in [0.4, 0.5) is 17.6 Å². The number of halogens is 5. The Kier molecular flexibility index (Phi) is 7.17. The Morgan fingerprint density at radius 3 is 2.61 bits per heavy atom. The minimum Gasteiger partial charge on any atom is -0.394 e. The Balaban J connectivity index is 1.60. The highest BCUT2D eigenvalue weighted by Crippen LogP contribution is 2.35. The first-order chi connectivity index (χ1) is 21.3. The normalized spacial score (nSPS) is 15.4. The second kappa shape index (κ2) is 12.2. The van der Waals surface area contributed by atoms with Crippen molar-refractivity contribution < 1.29 is 42.7 Å². The van der Waals surface area contributed by atoms with E-state index in [1.54, 1.807) is 6.07 Å². The fourth-order valence-corrected chi connectivity index (χ4v) is 5.13. The average molecular weight is 617 g/mol. The molecule has 13 heteroatoms. The number of aromatic nitrogens is 2. The van der Waals surface area contributed by atoms with Crippen LogP contribution in [0.5, 0.6) is 0 Å². The van der Waals surface area contributed by atoms with E-state index in [2.05, 4.69) is 10.3 Å². The molecule has 0 spiro atoms. The number of alkyl halides is 4. The molecule has 0 saturated carbocycles. The van der Waals surface area contributed by atoms with Crippen molar-refractivity contribution in [2.45, 2.75) is 36.9 Å². The molecule has 41 heavy (non-hydrogen) atoms. The molecule has 2 heterocycles. The number of hydrogen-bond acceptors (Lipinski definition) is 5. The van der Waals surface area contributed by atoms with Gasteiger partial charge in [0.1, 0.15) is 6.67 Å². The van der Waals surface area contributed by atoms with Crippen molar-refractivity contribution in [1.82, 2.24) is 14.9 Å². The van der Waals surface area contributed by atoms with Crippen molar-refractivity contribution in [3.63, 3.8) is 0 Å². The Hall–Kier alpha value is -3.48. The second-order valence-electron chi connectivity index (χ2n) is 8.96. The molecular weight excluding hydrogens is 586 g/mol. The largest absolute Gasteiger partial charge is 0.416 e. The van der Waals surface area contributed by atoms with Crippen LogP contribution in [0.2, 0.25) is 5.02 Å². The molecule has 4 aromatic rings. The number of fused-ring (bicyclic) bond motifs is 1. The van der Waals surface area contributed by atoms with E-state index in [0.717, 1.165) is 24.4 Å². The number of aliphatic hydroxyl groups is 1. The standard InChI is InChI=1S/C28H26ClF4N3O4S/c1-2-41(39,40)22-6-7-24(34-15-22)25(16-37)35-27(38)18-4-8-26-19(11-18)13-21(36(26)10-9-30)12-17-3-5-20(29)14-23(17)28(31,32)33/h3-8,11,13-15,25,37H,2,9-10,12,16H2,1H3,(H,35,38)/i1D3,2D2.